The molecule has 108 valence electrons. The van der Waals surface area contributed by atoms with Crippen LogP contribution < -0.4 is 10.1 Å². The van der Waals surface area contributed by atoms with E-state index in [0.29, 0.717) is 12.3 Å². The summed E-state index contributed by atoms with van der Waals surface area (Å²) in [5.74, 6) is -0.289. The lowest BCUT2D eigenvalue weighted by Gasteiger charge is -2.10. The van der Waals surface area contributed by atoms with Crippen LogP contribution in [-0.4, -0.2) is 49.7 Å². The summed E-state index contributed by atoms with van der Waals surface area (Å²) in [6, 6.07) is 5.38. The molecule has 1 aliphatic rings. The molecule has 0 aliphatic carbocycles. The number of benzene rings is 1. The zero-order chi connectivity index (χ0) is 14.5. The molecular formula is C13H15FN2O4. The van der Waals surface area contributed by atoms with Gasteiger partial charge in [0, 0.05) is 7.05 Å². The Morgan fingerprint density at radius 1 is 1.50 bits per heavy atom. The molecule has 0 saturated carbocycles. The fourth-order valence-electron chi connectivity index (χ4n) is 1.71. The van der Waals surface area contributed by atoms with Crippen LogP contribution in [0.1, 0.15) is 0 Å². The Labute approximate surface area is 115 Å². The maximum atomic E-state index is 12.7. The smallest absolute Gasteiger partial charge is 0.410 e. The maximum absolute atomic E-state index is 12.7. The predicted octanol–water partition coefficient (Wildman–Crippen LogP) is 0.771. The molecule has 1 aromatic carbocycles. The highest BCUT2D eigenvalue weighted by atomic mass is 19.1. The van der Waals surface area contributed by atoms with Crippen LogP contribution in [0.25, 0.3) is 0 Å². The molecule has 1 atom stereocenters. The molecule has 1 aliphatic heterocycles. The van der Waals surface area contributed by atoms with Gasteiger partial charge in [-0.05, 0) is 24.3 Å². The van der Waals surface area contributed by atoms with Crippen molar-refractivity contribution < 1.29 is 23.5 Å². The SMILES string of the molecule is CN1CC(CNC(=O)COc2ccc(F)cc2)OC1=O. The largest absolute Gasteiger partial charge is 0.484 e. The second-order valence-corrected chi connectivity index (χ2v) is 4.43. The Kier molecular flexibility index (Phi) is 4.39. The highest BCUT2D eigenvalue weighted by Gasteiger charge is 2.28. The number of carbonyl (C=O) groups excluding carboxylic acids is 2. The van der Waals surface area contributed by atoms with Gasteiger partial charge < -0.3 is 19.7 Å². The highest BCUT2D eigenvalue weighted by Crippen LogP contribution is 2.11. The van der Waals surface area contributed by atoms with Crippen molar-refractivity contribution in [2.75, 3.05) is 26.7 Å². The lowest BCUT2D eigenvalue weighted by molar-refractivity contribution is -0.123. The molecule has 0 aromatic heterocycles. The first-order valence-corrected chi connectivity index (χ1v) is 6.11. The van der Waals surface area contributed by atoms with Gasteiger partial charge in [-0.3, -0.25) is 4.79 Å². The molecule has 2 rings (SSSR count). The molecule has 0 bridgehead atoms. The Hall–Kier alpha value is -2.31. The van der Waals surface area contributed by atoms with Gasteiger partial charge in [-0.2, -0.15) is 0 Å². The third kappa shape index (κ3) is 3.84. The summed E-state index contributed by atoms with van der Waals surface area (Å²) in [6.45, 7) is 0.502. The number of nitrogens with one attached hydrogen (secondary N) is 1. The number of hydrogen-bond acceptors (Lipinski definition) is 4. The summed E-state index contributed by atoms with van der Waals surface area (Å²) in [7, 11) is 1.63. The maximum Gasteiger partial charge on any atom is 0.410 e. The monoisotopic (exact) mass is 282 g/mol. The molecule has 1 heterocycles. The molecule has 6 nitrogen and oxygen atoms in total. The summed E-state index contributed by atoms with van der Waals surface area (Å²) in [6.07, 6.45) is -0.742. The lowest BCUT2D eigenvalue weighted by atomic mass is 10.3. The van der Waals surface area contributed by atoms with Crippen LogP contribution in [0.2, 0.25) is 0 Å². The number of carbonyl (C=O) groups is 2. The van der Waals surface area contributed by atoms with Crippen LogP contribution in [0, 0.1) is 5.82 Å². The normalized spacial score (nSPS) is 17.8. The van der Waals surface area contributed by atoms with Gasteiger partial charge in [-0.25, -0.2) is 9.18 Å². The summed E-state index contributed by atoms with van der Waals surface area (Å²) in [5, 5.41) is 2.61. The van der Waals surface area contributed by atoms with E-state index in [0.717, 1.165) is 0 Å². The fourth-order valence-corrected chi connectivity index (χ4v) is 1.71. The first-order chi connectivity index (χ1) is 9.54. The van der Waals surface area contributed by atoms with Gasteiger partial charge in [0.15, 0.2) is 6.61 Å². The molecule has 0 radical (unpaired) electrons. The molecule has 2 amide bonds. The van der Waals surface area contributed by atoms with Crippen molar-refractivity contribution in [3.63, 3.8) is 0 Å². The third-order valence-electron chi connectivity index (χ3n) is 2.77. The molecular weight excluding hydrogens is 267 g/mol. The van der Waals surface area contributed by atoms with E-state index >= 15 is 0 Å². The van der Waals surface area contributed by atoms with Gasteiger partial charge in [0.05, 0.1) is 13.1 Å². The van der Waals surface area contributed by atoms with E-state index in [1.165, 1.54) is 29.2 Å². The number of nitrogens with zero attached hydrogens (tertiary/aromatic N) is 1. The molecule has 1 N–H and O–H groups in total. The lowest BCUT2D eigenvalue weighted by Crippen LogP contribution is -2.36. The second-order valence-electron chi connectivity index (χ2n) is 4.43. The summed E-state index contributed by atoms with van der Waals surface area (Å²) < 4.78 is 22.8. The van der Waals surface area contributed by atoms with Gasteiger partial charge in [0.2, 0.25) is 0 Å². The van der Waals surface area contributed by atoms with E-state index in [-0.39, 0.29) is 31.0 Å². The molecule has 7 heteroatoms. The number of hydrogen-bond donors (Lipinski definition) is 1. The van der Waals surface area contributed by atoms with Crippen molar-refractivity contribution in [1.29, 1.82) is 0 Å². The van der Waals surface area contributed by atoms with Crippen molar-refractivity contribution >= 4 is 12.0 Å². The number of cyclic esters (lactones) is 1. The van der Waals surface area contributed by atoms with Crippen molar-refractivity contribution in [3.8, 4) is 5.75 Å². The molecule has 0 spiro atoms. The van der Waals surface area contributed by atoms with Gasteiger partial charge in [0.25, 0.3) is 5.91 Å². The van der Waals surface area contributed by atoms with Crippen LogP contribution in [0.5, 0.6) is 5.75 Å². The summed E-state index contributed by atoms with van der Waals surface area (Å²) in [4.78, 5) is 24.1. The highest BCUT2D eigenvalue weighted by molar-refractivity contribution is 5.77. The molecule has 1 fully saturated rings. The van der Waals surface area contributed by atoms with Crippen molar-refractivity contribution in [2.24, 2.45) is 0 Å². The molecule has 1 aromatic rings. The van der Waals surface area contributed by atoms with Crippen LogP contribution >= 0.6 is 0 Å². The molecule has 20 heavy (non-hydrogen) atoms. The standard InChI is InChI=1S/C13H15FN2O4/c1-16-7-11(20-13(16)18)6-15-12(17)8-19-10-4-2-9(14)3-5-10/h2-5,11H,6-8H2,1H3,(H,15,17). The van der Waals surface area contributed by atoms with Crippen LogP contribution in [0.3, 0.4) is 0 Å². The zero-order valence-electron chi connectivity index (χ0n) is 11.0. The fraction of sp³-hybridized carbons (Fsp3) is 0.385. The minimum atomic E-state index is -0.396. The van der Waals surface area contributed by atoms with Crippen LogP contribution in [0.15, 0.2) is 24.3 Å². The summed E-state index contributed by atoms with van der Waals surface area (Å²) in [5.41, 5.74) is 0. The van der Waals surface area contributed by atoms with Crippen LogP contribution in [0.4, 0.5) is 9.18 Å². The van der Waals surface area contributed by atoms with E-state index in [1.54, 1.807) is 7.05 Å². The second kappa shape index (κ2) is 6.23. The average molecular weight is 282 g/mol. The van der Waals surface area contributed by atoms with E-state index in [4.69, 9.17) is 9.47 Å². The first kappa shape index (κ1) is 14.1. The minimum absolute atomic E-state index is 0.178. The number of likely N-dealkylation sites (N-methyl/N-ethyl adjacent to an activating group) is 1. The van der Waals surface area contributed by atoms with Gasteiger partial charge in [-0.1, -0.05) is 0 Å². The van der Waals surface area contributed by atoms with Crippen molar-refractivity contribution in [1.82, 2.24) is 10.2 Å². The molecule has 1 saturated heterocycles. The van der Waals surface area contributed by atoms with Gasteiger partial charge in [0.1, 0.15) is 17.7 Å². The molecule has 1 unspecified atom stereocenters. The Balaban J connectivity index is 1.68. The Bertz CT molecular complexity index is 492. The Morgan fingerprint density at radius 3 is 2.80 bits per heavy atom. The number of ether oxygens (including phenoxy) is 2. The van der Waals surface area contributed by atoms with Gasteiger partial charge >= 0.3 is 6.09 Å². The third-order valence-corrected chi connectivity index (χ3v) is 2.77. The Morgan fingerprint density at radius 2 is 2.20 bits per heavy atom. The van der Waals surface area contributed by atoms with E-state index in [1.807, 2.05) is 0 Å². The van der Waals surface area contributed by atoms with Gasteiger partial charge in [-0.15, -0.1) is 0 Å². The number of amides is 2. The van der Waals surface area contributed by atoms with Crippen LogP contribution in [-0.2, 0) is 9.53 Å². The van der Waals surface area contributed by atoms with Crippen molar-refractivity contribution in [3.05, 3.63) is 30.1 Å². The first-order valence-electron chi connectivity index (χ1n) is 6.11. The summed E-state index contributed by atoms with van der Waals surface area (Å²) >= 11 is 0. The average Bonchev–Trinajstić information content (AvgIpc) is 2.75. The number of rotatable bonds is 5. The number of halogens is 1. The van der Waals surface area contributed by atoms with E-state index in [9.17, 15) is 14.0 Å². The van der Waals surface area contributed by atoms with Crippen molar-refractivity contribution in [2.45, 2.75) is 6.10 Å². The predicted molar refractivity (Wildman–Crippen MR) is 67.8 cm³/mol. The quantitative estimate of drug-likeness (QED) is 0.866. The van der Waals surface area contributed by atoms with E-state index < -0.39 is 6.09 Å². The zero-order valence-corrected chi connectivity index (χ0v) is 11.0. The topological polar surface area (TPSA) is 67.9 Å². The van der Waals surface area contributed by atoms with E-state index in [2.05, 4.69) is 5.32 Å². The minimum Gasteiger partial charge on any atom is -0.484 e.